The van der Waals surface area contributed by atoms with E-state index in [-0.39, 0.29) is 6.04 Å². The van der Waals surface area contributed by atoms with Gasteiger partial charge in [-0.25, -0.2) is 0 Å². The van der Waals surface area contributed by atoms with E-state index < -0.39 is 0 Å². The molecule has 0 aliphatic carbocycles. The van der Waals surface area contributed by atoms with Crippen LogP contribution in [0.25, 0.3) is 5.69 Å². The fourth-order valence-corrected chi connectivity index (χ4v) is 1.29. The number of benzene rings is 1. The Balaban J connectivity index is 2.19. The van der Waals surface area contributed by atoms with Crippen LogP contribution >= 0.6 is 0 Å². The third-order valence-corrected chi connectivity index (χ3v) is 2.05. The predicted octanol–water partition coefficient (Wildman–Crippen LogP) is 0.421. The second-order valence-electron chi connectivity index (χ2n) is 3.61. The van der Waals surface area contributed by atoms with Crippen LogP contribution in [0.4, 0.5) is 5.95 Å². The summed E-state index contributed by atoms with van der Waals surface area (Å²) in [6.07, 6.45) is 0. The van der Waals surface area contributed by atoms with Crippen molar-refractivity contribution in [3.63, 3.8) is 0 Å². The van der Waals surface area contributed by atoms with Gasteiger partial charge in [0.05, 0.1) is 5.69 Å². The topological polar surface area (TPSA) is 81.7 Å². The molecule has 1 aromatic heterocycles. The van der Waals surface area contributed by atoms with Crippen molar-refractivity contribution in [2.24, 2.45) is 5.73 Å². The number of hydrogen-bond acceptors (Lipinski definition) is 5. The monoisotopic (exact) mass is 218 g/mol. The van der Waals surface area contributed by atoms with Crippen LogP contribution in [0.15, 0.2) is 30.3 Å². The molecular weight excluding hydrogens is 204 g/mol. The Morgan fingerprint density at radius 3 is 2.81 bits per heavy atom. The van der Waals surface area contributed by atoms with Gasteiger partial charge in [0.1, 0.15) is 0 Å². The minimum atomic E-state index is 0.0564. The van der Waals surface area contributed by atoms with E-state index in [0.29, 0.717) is 12.5 Å². The normalized spacial score (nSPS) is 12.4. The van der Waals surface area contributed by atoms with Gasteiger partial charge in [-0.3, -0.25) is 0 Å². The summed E-state index contributed by atoms with van der Waals surface area (Å²) >= 11 is 0. The third-order valence-electron chi connectivity index (χ3n) is 2.05. The van der Waals surface area contributed by atoms with E-state index in [1.165, 1.54) is 0 Å². The Kier molecular flexibility index (Phi) is 3.11. The quantitative estimate of drug-likeness (QED) is 0.777. The maximum atomic E-state index is 5.66. The van der Waals surface area contributed by atoms with Crippen LogP contribution < -0.4 is 11.1 Å². The van der Waals surface area contributed by atoms with Crippen molar-refractivity contribution in [1.82, 2.24) is 20.2 Å². The van der Waals surface area contributed by atoms with Crippen molar-refractivity contribution in [2.75, 3.05) is 11.9 Å². The van der Waals surface area contributed by atoms with Crippen LogP contribution in [-0.2, 0) is 0 Å². The second-order valence-corrected chi connectivity index (χ2v) is 3.61. The minimum Gasteiger partial charge on any atom is -0.351 e. The summed E-state index contributed by atoms with van der Waals surface area (Å²) in [5.41, 5.74) is 6.57. The van der Waals surface area contributed by atoms with E-state index in [1.54, 1.807) is 4.68 Å². The maximum Gasteiger partial charge on any atom is 0.247 e. The summed E-state index contributed by atoms with van der Waals surface area (Å²) in [5.74, 6) is 0.600. The molecule has 1 atom stereocenters. The molecule has 2 rings (SSSR count). The smallest absolute Gasteiger partial charge is 0.247 e. The molecule has 6 heteroatoms. The van der Waals surface area contributed by atoms with Gasteiger partial charge in [0.25, 0.3) is 0 Å². The number of nitrogens with two attached hydrogens (primary N) is 1. The van der Waals surface area contributed by atoms with Gasteiger partial charge < -0.3 is 11.1 Å². The lowest BCUT2D eigenvalue weighted by Gasteiger charge is -2.08. The highest BCUT2D eigenvalue weighted by atomic mass is 15.6. The Morgan fingerprint density at radius 1 is 1.38 bits per heavy atom. The van der Waals surface area contributed by atoms with Gasteiger partial charge in [-0.15, -0.1) is 0 Å². The first-order valence-corrected chi connectivity index (χ1v) is 5.10. The number of aromatic nitrogens is 4. The van der Waals surface area contributed by atoms with Crippen molar-refractivity contribution in [3.8, 4) is 5.69 Å². The highest BCUT2D eigenvalue weighted by Crippen LogP contribution is 2.09. The number of nitrogens with zero attached hydrogens (tertiary/aromatic N) is 4. The SMILES string of the molecule is CC(N)CNc1nnnn1-c1ccccc1. The summed E-state index contributed by atoms with van der Waals surface area (Å²) in [7, 11) is 0. The van der Waals surface area contributed by atoms with Crippen molar-refractivity contribution >= 4 is 5.95 Å². The largest absolute Gasteiger partial charge is 0.351 e. The van der Waals surface area contributed by atoms with Crippen molar-refractivity contribution in [3.05, 3.63) is 30.3 Å². The highest BCUT2D eigenvalue weighted by Gasteiger charge is 2.07. The molecule has 2 aromatic rings. The third kappa shape index (κ3) is 2.34. The molecule has 0 aliphatic rings. The van der Waals surface area contributed by atoms with Gasteiger partial charge in [-0.05, 0) is 29.5 Å². The Hall–Kier alpha value is -1.95. The van der Waals surface area contributed by atoms with Gasteiger partial charge >= 0.3 is 0 Å². The lowest BCUT2D eigenvalue weighted by Crippen LogP contribution is -2.26. The van der Waals surface area contributed by atoms with Gasteiger partial charge in [-0.2, -0.15) is 4.68 Å². The summed E-state index contributed by atoms with van der Waals surface area (Å²) in [6, 6.07) is 9.75. The molecule has 1 unspecified atom stereocenters. The zero-order chi connectivity index (χ0) is 11.4. The molecule has 6 nitrogen and oxygen atoms in total. The molecular formula is C10H14N6. The number of nitrogens with one attached hydrogen (secondary N) is 1. The number of rotatable bonds is 4. The van der Waals surface area contributed by atoms with E-state index in [2.05, 4.69) is 20.8 Å². The fourth-order valence-electron chi connectivity index (χ4n) is 1.29. The first-order valence-electron chi connectivity index (χ1n) is 5.10. The minimum absolute atomic E-state index is 0.0564. The predicted molar refractivity (Wildman–Crippen MR) is 61.3 cm³/mol. The average Bonchev–Trinajstić information content (AvgIpc) is 2.75. The van der Waals surface area contributed by atoms with E-state index in [0.717, 1.165) is 5.69 Å². The zero-order valence-corrected chi connectivity index (χ0v) is 9.04. The molecule has 16 heavy (non-hydrogen) atoms. The molecule has 0 amide bonds. The highest BCUT2D eigenvalue weighted by molar-refractivity contribution is 5.38. The van der Waals surface area contributed by atoms with Crippen molar-refractivity contribution in [1.29, 1.82) is 0 Å². The van der Waals surface area contributed by atoms with Crippen LogP contribution in [0.1, 0.15) is 6.92 Å². The summed E-state index contributed by atoms with van der Waals surface area (Å²) < 4.78 is 1.64. The number of anilines is 1. The zero-order valence-electron chi connectivity index (χ0n) is 9.04. The van der Waals surface area contributed by atoms with Crippen LogP contribution in [0.5, 0.6) is 0 Å². The van der Waals surface area contributed by atoms with Gasteiger partial charge in [0.15, 0.2) is 0 Å². The van der Waals surface area contributed by atoms with Crippen LogP contribution in [-0.4, -0.2) is 32.8 Å². The molecule has 0 bridgehead atoms. The molecule has 0 saturated carbocycles. The standard InChI is InChI=1S/C10H14N6/c1-8(11)7-12-10-13-14-15-16(10)9-5-3-2-4-6-9/h2-6,8H,7,11H2,1H3,(H,12,13,15). The van der Waals surface area contributed by atoms with Gasteiger partial charge in [0.2, 0.25) is 5.95 Å². The van der Waals surface area contributed by atoms with E-state index >= 15 is 0 Å². The molecule has 3 N–H and O–H groups in total. The molecule has 0 saturated heterocycles. The molecule has 0 fully saturated rings. The van der Waals surface area contributed by atoms with Gasteiger partial charge in [0, 0.05) is 12.6 Å². The van der Waals surface area contributed by atoms with Crippen LogP contribution in [0.2, 0.25) is 0 Å². The fraction of sp³-hybridized carbons (Fsp3) is 0.300. The van der Waals surface area contributed by atoms with Crippen molar-refractivity contribution < 1.29 is 0 Å². The first kappa shape index (κ1) is 10.6. The number of hydrogen-bond donors (Lipinski definition) is 2. The second kappa shape index (κ2) is 4.71. The van der Waals surface area contributed by atoms with Crippen LogP contribution in [0.3, 0.4) is 0 Å². The Labute approximate surface area is 93.5 Å². The molecule has 1 aromatic carbocycles. The van der Waals surface area contributed by atoms with Crippen molar-refractivity contribution in [2.45, 2.75) is 13.0 Å². The van der Waals surface area contributed by atoms with Gasteiger partial charge in [-0.1, -0.05) is 23.3 Å². The van der Waals surface area contributed by atoms with E-state index in [1.807, 2.05) is 37.3 Å². The molecule has 0 aliphatic heterocycles. The average molecular weight is 218 g/mol. The van der Waals surface area contributed by atoms with E-state index in [4.69, 9.17) is 5.73 Å². The number of tetrazole rings is 1. The maximum absolute atomic E-state index is 5.66. The summed E-state index contributed by atoms with van der Waals surface area (Å²) in [6.45, 7) is 2.55. The molecule has 0 spiro atoms. The Bertz CT molecular complexity index is 436. The summed E-state index contributed by atoms with van der Waals surface area (Å²) in [4.78, 5) is 0. The molecule has 0 radical (unpaired) electrons. The number of para-hydroxylation sites is 1. The van der Waals surface area contributed by atoms with Crippen LogP contribution in [0, 0.1) is 0 Å². The van der Waals surface area contributed by atoms with E-state index in [9.17, 15) is 0 Å². The lowest BCUT2D eigenvalue weighted by atomic mass is 10.3. The summed E-state index contributed by atoms with van der Waals surface area (Å²) in [5, 5.41) is 14.5. The lowest BCUT2D eigenvalue weighted by molar-refractivity contribution is 0.760. The Morgan fingerprint density at radius 2 is 2.12 bits per heavy atom. The first-order chi connectivity index (χ1) is 7.77. The molecule has 1 heterocycles. The molecule has 84 valence electrons.